The van der Waals surface area contributed by atoms with Crippen molar-refractivity contribution in [1.29, 1.82) is 0 Å². The molecule has 29 heavy (non-hydrogen) atoms. The Labute approximate surface area is 168 Å². The normalized spacial score (nSPS) is 12.2. The lowest BCUT2D eigenvalue weighted by molar-refractivity contribution is -0.137. The zero-order valence-corrected chi connectivity index (χ0v) is 16.3. The summed E-state index contributed by atoms with van der Waals surface area (Å²) in [5.41, 5.74) is 0.891. The van der Waals surface area contributed by atoms with Gasteiger partial charge in [-0.1, -0.05) is 23.7 Å². The van der Waals surface area contributed by atoms with Crippen molar-refractivity contribution in [2.45, 2.75) is 6.18 Å². The number of carbonyl (C=O) groups is 1. The second-order valence-electron chi connectivity index (χ2n) is 5.78. The summed E-state index contributed by atoms with van der Waals surface area (Å²) >= 11 is 5.53. The zero-order valence-electron chi connectivity index (χ0n) is 14.7. The molecule has 0 aromatic heterocycles. The van der Waals surface area contributed by atoms with E-state index < -0.39 is 45.1 Å². The van der Waals surface area contributed by atoms with Crippen LogP contribution in [-0.2, 0) is 21.0 Å². The predicted molar refractivity (Wildman–Crippen MR) is 101 cm³/mol. The third-order valence-corrected chi connectivity index (χ3v) is 4.97. The minimum atomic E-state index is -4.81. The molecule has 0 aliphatic rings. The molecule has 0 aliphatic heterocycles. The van der Waals surface area contributed by atoms with Gasteiger partial charge < -0.3 is 0 Å². The predicted octanol–water partition coefficient (Wildman–Crippen LogP) is 3.41. The highest BCUT2D eigenvalue weighted by Crippen LogP contribution is 2.37. The number of nitrogens with one attached hydrogen (secondary N) is 1. The molecule has 2 aromatic carbocycles. The van der Waals surface area contributed by atoms with Gasteiger partial charge in [-0.3, -0.25) is 9.10 Å². The zero-order chi connectivity index (χ0) is 21.8. The smallest absolute Gasteiger partial charge is 0.271 e. The Bertz CT molecular complexity index is 1030. The number of amides is 1. The lowest BCUT2D eigenvalue weighted by Crippen LogP contribution is -2.39. The second kappa shape index (κ2) is 8.78. The van der Waals surface area contributed by atoms with Crippen LogP contribution in [0.1, 0.15) is 11.1 Å². The molecule has 1 N–H and O–H groups in total. The molecule has 0 aliphatic carbocycles. The lowest BCUT2D eigenvalue weighted by atomic mass is 10.2. The van der Waals surface area contributed by atoms with E-state index in [9.17, 15) is 30.8 Å². The van der Waals surface area contributed by atoms with Crippen LogP contribution in [0, 0.1) is 5.82 Å². The number of anilines is 1. The molecule has 0 saturated heterocycles. The second-order valence-corrected chi connectivity index (χ2v) is 8.09. The minimum Gasteiger partial charge on any atom is -0.271 e. The molecule has 0 spiro atoms. The summed E-state index contributed by atoms with van der Waals surface area (Å²) < 4.78 is 76.4. The fraction of sp³-hybridized carbons (Fsp3) is 0.176. The fourth-order valence-electron chi connectivity index (χ4n) is 2.18. The molecule has 12 heteroatoms. The number of hydrogen-bond acceptors (Lipinski definition) is 4. The summed E-state index contributed by atoms with van der Waals surface area (Å²) in [6.07, 6.45) is -2.88. The number of alkyl halides is 3. The van der Waals surface area contributed by atoms with E-state index in [4.69, 9.17) is 11.6 Å². The largest absolute Gasteiger partial charge is 0.417 e. The highest BCUT2D eigenvalue weighted by molar-refractivity contribution is 7.92. The molecule has 2 rings (SSSR count). The van der Waals surface area contributed by atoms with E-state index in [1.807, 2.05) is 0 Å². The van der Waals surface area contributed by atoms with Gasteiger partial charge in [0, 0.05) is 0 Å². The van der Waals surface area contributed by atoms with Crippen LogP contribution in [0.3, 0.4) is 0 Å². The van der Waals surface area contributed by atoms with Crippen LogP contribution in [0.2, 0.25) is 5.02 Å². The SMILES string of the molecule is CS(=O)(=O)N(CC(=O)N/N=C\c1ccc(F)cc1)c1ccc(Cl)c(C(F)(F)F)c1. The van der Waals surface area contributed by atoms with Gasteiger partial charge in [0.1, 0.15) is 12.4 Å². The van der Waals surface area contributed by atoms with Crippen LogP contribution < -0.4 is 9.73 Å². The molecular formula is C17H14ClF4N3O3S. The van der Waals surface area contributed by atoms with Crippen molar-refractivity contribution in [3.05, 3.63) is 64.4 Å². The summed E-state index contributed by atoms with van der Waals surface area (Å²) in [6, 6.07) is 7.61. The topological polar surface area (TPSA) is 78.8 Å². The molecule has 0 bridgehead atoms. The molecular weight excluding hydrogens is 438 g/mol. The fourth-order valence-corrected chi connectivity index (χ4v) is 3.25. The lowest BCUT2D eigenvalue weighted by Gasteiger charge is -2.22. The van der Waals surface area contributed by atoms with E-state index in [0.29, 0.717) is 15.9 Å². The van der Waals surface area contributed by atoms with Gasteiger partial charge in [0.2, 0.25) is 10.0 Å². The third kappa shape index (κ3) is 6.43. The molecule has 0 heterocycles. The highest BCUT2D eigenvalue weighted by Gasteiger charge is 2.34. The quantitative estimate of drug-likeness (QED) is 0.415. The van der Waals surface area contributed by atoms with E-state index in [0.717, 1.165) is 18.4 Å². The first kappa shape index (κ1) is 22.6. The maximum Gasteiger partial charge on any atom is 0.417 e. The van der Waals surface area contributed by atoms with Crippen molar-refractivity contribution >= 4 is 39.4 Å². The van der Waals surface area contributed by atoms with Crippen molar-refractivity contribution in [3.8, 4) is 0 Å². The van der Waals surface area contributed by atoms with Gasteiger partial charge in [0.15, 0.2) is 0 Å². The Morgan fingerprint density at radius 2 is 1.83 bits per heavy atom. The van der Waals surface area contributed by atoms with Gasteiger partial charge in [-0.2, -0.15) is 18.3 Å². The first-order chi connectivity index (χ1) is 13.4. The molecule has 156 valence electrons. The minimum absolute atomic E-state index is 0.387. The summed E-state index contributed by atoms with van der Waals surface area (Å²) in [6.45, 7) is -0.821. The number of hydrogen-bond donors (Lipinski definition) is 1. The van der Waals surface area contributed by atoms with Crippen molar-refractivity contribution in [3.63, 3.8) is 0 Å². The van der Waals surface area contributed by atoms with Gasteiger partial charge in [-0.15, -0.1) is 0 Å². The van der Waals surface area contributed by atoms with E-state index in [2.05, 4.69) is 10.5 Å². The number of nitrogens with zero attached hydrogens (tertiary/aromatic N) is 2. The summed E-state index contributed by atoms with van der Waals surface area (Å²) in [5.74, 6) is -1.37. The van der Waals surface area contributed by atoms with E-state index in [1.165, 1.54) is 30.5 Å². The molecule has 0 fully saturated rings. The van der Waals surface area contributed by atoms with Crippen molar-refractivity contribution in [2.75, 3.05) is 17.1 Å². The monoisotopic (exact) mass is 451 g/mol. The number of sulfonamides is 1. The Hall–Kier alpha value is -2.66. The summed E-state index contributed by atoms with van der Waals surface area (Å²) in [5, 5.41) is 2.99. The number of halogens is 5. The Morgan fingerprint density at radius 3 is 2.38 bits per heavy atom. The Morgan fingerprint density at radius 1 is 1.21 bits per heavy atom. The number of hydrazone groups is 1. The Kier molecular flexibility index (Phi) is 6.85. The standard InChI is InChI=1S/C17H14ClF4N3O3S/c1-29(27,28)25(13-6-7-15(18)14(8-13)17(20,21)22)10-16(26)24-23-9-11-2-4-12(19)5-3-11/h2-9H,10H2,1H3,(H,24,26)/b23-9-. The van der Waals surface area contributed by atoms with Gasteiger partial charge >= 0.3 is 6.18 Å². The summed E-state index contributed by atoms with van der Waals surface area (Å²) in [4.78, 5) is 12.0. The van der Waals surface area contributed by atoms with Gasteiger partial charge in [-0.25, -0.2) is 18.2 Å². The van der Waals surface area contributed by atoms with Crippen LogP contribution in [0.25, 0.3) is 0 Å². The first-order valence-electron chi connectivity index (χ1n) is 7.80. The maximum atomic E-state index is 13.0. The number of benzene rings is 2. The van der Waals surface area contributed by atoms with Crippen LogP contribution in [0.4, 0.5) is 23.2 Å². The average molecular weight is 452 g/mol. The summed E-state index contributed by atoms with van der Waals surface area (Å²) in [7, 11) is -4.10. The number of rotatable bonds is 6. The van der Waals surface area contributed by atoms with Crippen LogP contribution in [0.15, 0.2) is 47.6 Å². The molecule has 0 atom stereocenters. The molecule has 6 nitrogen and oxygen atoms in total. The van der Waals surface area contributed by atoms with Crippen LogP contribution in [-0.4, -0.2) is 33.3 Å². The van der Waals surface area contributed by atoms with Crippen LogP contribution >= 0.6 is 11.6 Å². The van der Waals surface area contributed by atoms with Gasteiger partial charge in [-0.05, 0) is 35.9 Å². The van der Waals surface area contributed by atoms with E-state index >= 15 is 0 Å². The van der Waals surface area contributed by atoms with E-state index in [1.54, 1.807) is 0 Å². The maximum absolute atomic E-state index is 13.0. The average Bonchev–Trinajstić information content (AvgIpc) is 2.60. The first-order valence-corrected chi connectivity index (χ1v) is 10.0. The van der Waals surface area contributed by atoms with Crippen molar-refractivity contribution in [2.24, 2.45) is 5.10 Å². The van der Waals surface area contributed by atoms with Crippen molar-refractivity contribution in [1.82, 2.24) is 5.43 Å². The third-order valence-electron chi connectivity index (χ3n) is 3.50. The highest BCUT2D eigenvalue weighted by atomic mass is 35.5. The van der Waals surface area contributed by atoms with E-state index in [-0.39, 0.29) is 5.69 Å². The molecule has 1 amide bonds. The molecule has 0 unspecified atom stereocenters. The molecule has 0 radical (unpaired) electrons. The van der Waals surface area contributed by atoms with Gasteiger partial charge in [0.05, 0.1) is 28.7 Å². The Balaban J connectivity index is 2.19. The van der Waals surface area contributed by atoms with Gasteiger partial charge in [0.25, 0.3) is 5.91 Å². The van der Waals surface area contributed by atoms with Crippen molar-refractivity contribution < 1.29 is 30.8 Å². The van der Waals surface area contributed by atoms with Crippen LogP contribution in [0.5, 0.6) is 0 Å². The molecule has 0 saturated carbocycles. The molecule has 2 aromatic rings. The number of carbonyl (C=O) groups excluding carboxylic acids is 1.